The lowest BCUT2D eigenvalue weighted by Gasteiger charge is -2.15. The van der Waals surface area contributed by atoms with Gasteiger partial charge in [-0.1, -0.05) is 18.2 Å². The van der Waals surface area contributed by atoms with E-state index >= 15 is 0 Å². The SMILES string of the molecule is COCC(C)n1c(-c2cc3ccccc3o2)csc1=Nc1ccc(F)cc1F. The number of para-hydroxylation sites is 1. The number of thiazole rings is 1. The first-order valence-electron chi connectivity index (χ1n) is 8.74. The number of hydrogen-bond acceptors (Lipinski definition) is 4. The Morgan fingerprint density at radius 1 is 1.18 bits per heavy atom. The van der Waals surface area contributed by atoms with E-state index in [1.54, 1.807) is 7.11 Å². The first-order chi connectivity index (χ1) is 13.6. The van der Waals surface area contributed by atoms with Crippen LogP contribution in [0.3, 0.4) is 0 Å². The topological polar surface area (TPSA) is 39.7 Å². The van der Waals surface area contributed by atoms with Gasteiger partial charge in [0, 0.05) is 23.9 Å². The Morgan fingerprint density at radius 3 is 2.75 bits per heavy atom. The second-order valence-electron chi connectivity index (χ2n) is 6.43. The average Bonchev–Trinajstić information content (AvgIpc) is 3.28. The molecule has 0 saturated heterocycles. The van der Waals surface area contributed by atoms with Gasteiger partial charge in [-0.15, -0.1) is 11.3 Å². The molecule has 144 valence electrons. The molecule has 1 atom stereocenters. The van der Waals surface area contributed by atoms with Gasteiger partial charge in [-0.05, 0) is 31.2 Å². The van der Waals surface area contributed by atoms with E-state index < -0.39 is 11.6 Å². The van der Waals surface area contributed by atoms with Crippen molar-refractivity contribution in [3.05, 3.63) is 70.3 Å². The van der Waals surface area contributed by atoms with Crippen molar-refractivity contribution in [3.8, 4) is 11.5 Å². The summed E-state index contributed by atoms with van der Waals surface area (Å²) in [4.78, 5) is 5.00. The summed E-state index contributed by atoms with van der Waals surface area (Å²) in [5.74, 6) is -0.641. The fraction of sp³-hybridized carbons (Fsp3) is 0.190. The Hall–Kier alpha value is -2.77. The summed E-state index contributed by atoms with van der Waals surface area (Å²) in [5.41, 5.74) is 1.70. The predicted octanol–water partition coefficient (Wildman–Crippen LogP) is 5.68. The lowest BCUT2D eigenvalue weighted by Crippen LogP contribution is -2.23. The van der Waals surface area contributed by atoms with Gasteiger partial charge in [0.1, 0.15) is 17.1 Å². The highest BCUT2D eigenvalue weighted by molar-refractivity contribution is 7.07. The minimum Gasteiger partial charge on any atom is -0.454 e. The molecular weight excluding hydrogens is 382 g/mol. The quantitative estimate of drug-likeness (QED) is 0.432. The minimum absolute atomic E-state index is 0.0679. The van der Waals surface area contributed by atoms with Gasteiger partial charge in [-0.3, -0.25) is 0 Å². The molecule has 2 aromatic carbocycles. The number of hydrogen-bond donors (Lipinski definition) is 0. The van der Waals surface area contributed by atoms with Crippen LogP contribution in [0.25, 0.3) is 22.4 Å². The highest BCUT2D eigenvalue weighted by Crippen LogP contribution is 2.30. The Labute approximate surface area is 164 Å². The van der Waals surface area contributed by atoms with Crippen molar-refractivity contribution in [1.82, 2.24) is 4.57 Å². The first kappa shape index (κ1) is 18.6. The molecule has 0 fully saturated rings. The molecule has 2 aromatic heterocycles. The molecule has 7 heteroatoms. The Balaban J connectivity index is 1.89. The summed E-state index contributed by atoms with van der Waals surface area (Å²) < 4.78 is 40.6. The summed E-state index contributed by atoms with van der Waals surface area (Å²) in [6, 6.07) is 13.0. The minimum atomic E-state index is -0.704. The van der Waals surface area contributed by atoms with Crippen molar-refractivity contribution < 1.29 is 17.9 Å². The number of furan rings is 1. The molecule has 0 amide bonds. The number of aromatic nitrogens is 1. The normalized spacial score (nSPS) is 13.4. The smallest absolute Gasteiger partial charge is 0.190 e. The molecule has 4 aromatic rings. The molecule has 28 heavy (non-hydrogen) atoms. The number of halogens is 2. The van der Waals surface area contributed by atoms with Gasteiger partial charge in [0.15, 0.2) is 16.4 Å². The Bertz CT molecular complexity index is 1160. The third kappa shape index (κ3) is 3.50. The summed E-state index contributed by atoms with van der Waals surface area (Å²) >= 11 is 1.36. The van der Waals surface area contributed by atoms with Crippen LogP contribution in [0.2, 0.25) is 0 Å². The zero-order valence-corrected chi connectivity index (χ0v) is 16.2. The van der Waals surface area contributed by atoms with Gasteiger partial charge in [0.2, 0.25) is 0 Å². The molecule has 4 nitrogen and oxygen atoms in total. The molecule has 0 bridgehead atoms. The average molecular weight is 400 g/mol. The molecular formula is C21H18F2N2O2S. The zero-order chi connectivity index (χ0) is 19.7. The molecule has 0 saturated carbocycles. The molecule has 1 unspecified atom stereocenters. The Morgan fingerprint density at radius 2 is 2.00 bits per heavy atom. The van der Waals surface area contributed by atoms with Crippen molar-refractivity contribution >= 4 is 28.0 Å². The third-order valence-electron chi connectivity index (χ3n) is 4.39. The molecule has 2 heterocycles. The predicted molar refractivity (Wildman–Crippen MR) is 106 cm³/mol. The van der Waals surface area contributed by atoms with Crippen molar-refractivity contribution in [3.63, 3.8) is 0 Å². The van der Waals surface area contributed by atoms with Crippen LogP contribution in [0.5, 0.6) is 0 Å². The number of benzene rings is 2. The lowest BCUT2D eigenvalue weighted by atomic mass is 10.2. The summed E-state index contributed by atoms with van der Waals surface area (Å²) in [6.07, 6.45) is 0. The van der Waals surface area contributed by atoms with Crippen LogP contribution in [0.1, 0.15) is 13.0 Å². The third-order valence-corrected chi connectivity index (χ3v) is 5.23. The lowest BCUT2D eigenvalue weighted by molar-refractivity contribution is 0.161. The van der Waals surface area contributed by atoms with Crippen LogP contribution in [0.4, 0.5) is 14.5 Å². The number of nitrogens with zero attached hydrogens (tertiary/aromatic N) is 2. The number of ether oxygens (including phenoxy) is 1. The first-order valence-corrected chi connectivity index (χ1v) is 9.62. The van der Waals surface area contributed by atoms with Crippen LogP contribution in [0.15, 0.2) is 63.3 Å². The van der Waals surface area contributed by atoms with E-state index in [9.17, 15) is 8.78 Å². The Kier molecular flexibility index (Phi) is 5.11. The van der Waals surface area contributed by atoms with Crippen LogP contribution >= 0.6 is 11.3 Å². The van der Waals surface area contributed by atoms with Crippen LogP contribution < -0.4 is 4.80 Å². The van der Waals surface area contributed by atoms with Crippen LogP contribution in [0, 0.1) is 11.6 Å². The molecule has 0 aliphatic carbocycles. The fourth-order valence-corrected chi connectivity index (χ4v) is 4.10. The van der Waals surface area contributed by atoms with Crippen molar-refractivity contribution in [2.45, 2.75) is 13.0 Å². The molecule has 0 aliphatic rings. The largest absolute Gasteiger partial charge is 0.454 e. The van der Waals surface area contributed by atoms with E-state index in [1.165, 1.54) is 23.5 Å². The van der Waals surface area contributed by atoms with E-state index in [2.05, 4.69) is 4.99 Å². The number of rotatable bonds is 5. The standard InChI is InChI=1S/C21H18F2N2O2S/c1-13(11-26-2)25-18(20-9-14-5-3-4-6-19(14)27-20)12-28-21(25)24-17-8-7-15(22)10-16(17)23/h3-10,12-13H,11H2,1-2H3. The number of methoxy groups -OCH3 is 1. The van der Waals surface area contributed by atoms with Gasteiger partial charge in [-0.25, -0.2) is 13.8 Å². The molecule has 0 spiro atoms. The monoisotopic (exact) mass is 400 g/mol. The van der Waals surface area contributed by atoms with Gasteiger partial charge in [-0.2, -0.15) is 0 Å². The summed E-state index contributed by atoms with van der Waals surface area (Å²) in [5, 5.41) is 2.92. The van der Waals surface area contributed by atoms with Crippen LogP contribution in [-0.2, 0) is 4.74 Å². The molecule has 0 aliphatic heterocycles. The zero-order valence-electron chi connectivity index (χ0n) is 15.4. The van der Waals surface area contributed by atoms with E-state index in [0.29, 0.717) is 17.2 Å². The molecule has 4 rings (SSSR count). The van der Waals surface area contributed by atoms with E-state index in [4.69, 9.17) is 9.15 Å². The van der Waals surface area contributed by atoms with Crippen molar-refractivity contribution in [2.24, 2.45) is 4.99 Å². The molecule has 0 N–H and O–H groups in total. The van der Waals surface area contributed by atoms with Gasteiger partial charge in [0.05, 0.1) is 18.3 Å². The number of fused-ring (bicyclic) bond motifs is 1. The van der Waals surface area contributed by atoms with E-state index in [1.807, 2.05) is 47.2 Å². The maximum Gasteiger partial charge on any atom is 0.190 e. The van der Waals surface area contributed by atoms with Gasteiger partial charge < -0.3 is 13.7 Å². The second kappa shape index (κ2) is 7.69. The maximum absolute atomic E-state index is 14.1. The maximum atomic E-state index is 14.1. The van der Waals surface area contributed by atoms with Crippen molar-refractivity contribution in [2.75, 3.05) is 13.7 Å². The fourth-order valence-electron chi connectivity index (χ4n) is 3.11. The van der Waals surface area contributed by atoms with Gasteiger partial charge >= 0.3 is 0 Å². The molecule has 0 radical (unpaired) electrons. The van der Waals surface area contributed by atoms with Crippen LogP contribution in [-0.4, -0.2) is 18.3 Å². The summed E-state index contributed by atoms with van der Waals surface area (Å²) in [6.45, 7) is 2.44. The highest BCUT2D eigenvalue weighted by atomic mass is 32.1. The van der Waals surface area contributed by atoms with Gasteiger partial charge in [0.25, 0.3) is 0 Å². The van der Waals surface area contributed by atoms with E-state index in [-0.39, 0.29) is 11.7 Å². The van der Waals surface area contributed by atoms with E-state index in [0.717, 1.165) is 22.7 Å². The van der Waals surface area contributed by atoms with Crippen molar-refractivity contribution in [1.29, 1.82) is 0 Å². The highest BCUT2D eigenvalue weighted by Gasteiger charge is 2.17. The summed E-state index contributed by atoms with van der Waals surface area (Å²) in [7, 11) is 1.63. The second-order valence-corrected chi connectivity index (χ2v) is 7.27.